The SMILES string of the molecule is CC(C)N1CC2(CCC(O)CC2)C1. The smallest absolute Gasteiger partial charge is 0.0540 e. The van der Waals surface area contributed by atoms with E-state index in [1.54, 1.807) is 0 Å². The van der Waals surface area contributed by atoms with Gasteiger partial charge in [-0.1, -0.05) is 0 Å². The predicted molar refractivity (Wildman–Crippen MR) is 53.6 cm³/mol. The van der Waals surface area contributed by atoms with Crippen LogP contribution in [0.4, 0.5) is 0 Å². The minimum absolute atomic E-state index is 0.00118. The fraction of sp³-hybridized carbons (Fsp3) is 1.00. The molecule has 0 atom stereocenters. The fourth-order valence-electron chi connectivity index (χ4n) is 2.71. The van der Waals surface area contributed by atoms with Gasteiger partial charge in [0, 0.05) is 19.1 Å². The van der Waals surface area contributed by atoms with E-state index in [1.807, 2.05) is 0 Å². The first kappa shape index (κ1) is 9.47. The highest BCUT2D eigenvalue weighted by atomic mass is 16.3. The number of hydrogen-bond donors (Lipinski definition) is 1. The zero-order valence-corrected chi connectivity index (χ0v) is 8.79. The van der Waals surface area contributed by atoms with Gasteiger partial charge < -0.3 is 5.11 Å². The van der Waals surface area contributed by atoms with Crippen molar-refractivity contribution < 1.29 is 5.11 Å². The van der Waals surface area contributed by atoms with Crippen molar-refractivity contribution in [2.24, 2.45) is 5.41 Å². The van der Waals surface area contributed by atoms with E-state index in [1.165, 1.54) is 25.9 Å². The first-order valence-corrected chi connectivity index (χ1v) is 5.53. The van der Waals surface area contributed by atoms with Gasteiger partial charge in [0.2, 0.25) is 0 Å². The molecule has 2 fully saturated rings. The van der Waals surface area contributed by atoms with Gasteiger partial charge in [0.15, 0.2) is 0 Å². The minimum Gasteiger partial charge on any atom is -0.393 e. The third-order valence-corrected chi connectivity index (χ3v) is 3.82. The Hall–Kier alpha value is -0.0800. The molecule has 0 unspecified atom stereocenters. The third-order valence-electron chi connectivity index (χ3n) is 3.82. The third kappa shape index (κ3) is 1.75. The highest BCUT2D eigenvalue weighted by Crippen LogP contribution is 2.44. The van der Waals surface area contributed by atoms with Crippen LogP contribution in [0.2, 0.25) is 0 Å². The number of rotatable bonds is 1. The van der Waals surface area contributed by atoms with Gasteiger partial charge in [-0.05, 0) is 44.9 Å². The normalized spacial score (nSPS) is 29.5. The van der Waals surface area contributed by atoms with Gasteiger partial charge in [0.05, 0.1) is 6.10 Å². The standard InChI is InChI=1S/C11H21NO/c1-9(2)12-7-11(8-12)5-3-10(13)4-6-11/h9-10,13H,3-8H2,1-2H3. The van der Waals surface area contributed by atoms with Crippen LogP contribution >= 0.6 is 0 Å². The molecule has 0 radical (unpaired) electrons. The van der Waals surface area contributed by atoms with Crippen molar-refractivity contribution in [1.29, 1.82) is 0 Å². The van der Waals surface area contributed by atoms with Crippen LogP contribution in [-0.2, 0) is 0 Å². The van der Waals surface area contributed by atoms with Crippen LogP contribution in [-0.4, -0.2) is 35.2 Å². The number of hydrogen-bond acceptors (Lipinski definition) is 2. The highest BCUT2D eigenvalue weighted by molar-refractivity contribution is 4.98. The Kier molecular flexibility index (Phi) is 2.37. The molecular weight excluding hydrogens is 162 g/mol. The molecule has 0 amide bonds. The van der Waals surface area contributed by atoms with Gasteiger partial charge in [-0.3, -0.25) is 4.90 Å². The predicted octanol–water partition coefficient (Wildman–Crippen LogP) is 1.63. The van der Waals surface area contributed by atoms with Crippen LogP contribution in [0, 0.1) is 5.41 Å². The van der Waals surface area contributed by atoms with Gasteiger partial charge in [0.1, 0.15) is 0 Å². The second-order valence-electron chi connectivity index (χ2n) is 5.23. The molecule has 0 bridgehead atoms. The van der Waals surface area contributed by atoms with Crippen LogP contribution < -0.4 is 0 Å². The lowest BCUT2D eigenvalue weighted by atomic mass is 9.67. The van der Waals surface area contributed by atoms with Crippen LogP contribution in [0.1, 0.15) is 39.5 Å². The van der Waals surface area contributed by atoms with Gasteiger partial charge in [-0.15, -0.1) is 0 Å². The second-order valence-corrected chi connectivity index (χ2v) is 5.23. The maximum Gasteiger partial charge on any atom is 0.0540 e. The molecule has 2 aliphatic rings. The molecule has 13 heavy (non-hydrogen) atoms. The van der Waals surface area contributed by atoms with E-state index in [9.17, 15) is 5.11 Å². The van der Waals surface area contributed by atoms with Gasteiger partial charge in [0.25, 0.3) is 0 Å². The quantitative estimate of drug-likeness (QED) is 0.668. The lowest BCUT2D eigenvalue weighted by Crippen LogP contribution is -2.59. The maximum atomic E-state index is 9.42. The summed E-state index contributed by atoms with van der Waals surface area (Å²) in [5.41, 5.74) is 0.601. The molecule has 2 nitrogen and oxygen atoms in total. The van der Waals surface area contributed by atoms with Gasteiger partial charge in [-0.25, -0.2) is 0 Å². The van der Waals surface area contributed by atoms with Crippen molar-refractivity contribution >= 4 is 0 Å². The molecule has 0 aromatic heterocycles. The van der Waals surface area contributed by atoms with E-state index in [2.05, 4.69) is 18.7 Å². The van der Waals surface area contributed by atoms with Crippen LogP contribution in [0.25, 0.3) is 0 Å². The van der Waals surface area contributed by atoms with Crippen molar-refractivity contribution in [3.63, 3.8) is 0 Å². The number of aliphatic hydroxyl groups excluding tert-OH is 1. The van der Waals surface area contributed by atoms with E-state index < -0.39 is 0 Å². The van der Waals surface area contributed by atoms with E-state index in [-0.39, 0.29) is 6.10 Å². The molecule has 1 heterocycles. The first-order chi connectivity index (χ1) is 6.11. The Morgan fingerprint density at radius 3 is 2.23 bits per heavy atom. The largest absolute Gasteiger partial charge is 0.393 e. The van der Waals surface area contributed by atoms with Crippen molar-refractivity contribution in [3.05, 3.63) is 0 Å². The summed E-state index contributed by atoms with van der Waals surface area (Å²) in [6.07, 6.45) is 4.56. The number of likely N-dealkylation sites (tertiary alicyclic amines) is 1. The summed E-state index contributed by atoms with van der Waals surface area (Å²) >= 11 is 0. The van der Waals surface area contributed by atoms with Crippen LogP contribution in [0.5, 0.6) is 0 Å². The molecular formula is C11H21NO. The van der Waals surface area contributed by atoms with Crippen molar-refractivity contribution in [3.8, 4) is 0 Å². The molecule has 1 aliphatic heterocycles. The zero-order valence-electron chi connectivity index (χ0n) is 8.79. The van der Waals surface area contributed by atoms with Crippen molar-refractivity contribution in [2.75, 3.05) is 13.1 Å². The van der Waals surface area contributed by atoms with Gasteiger partial charge in [-0.2, -0.15) is 0 Å². The Balaban J connectivity index is 1.83. The summed E-state index contributed by atoms with van der Waals surface area (Å²) in [7, 11) is 0. The molecule has 1 saturated carbocycles. The fourth-order valence-corrected chi connectivity index (χ4v) is 2.71. The minimum atomic E-state index is -0.00118. The van der Waals surface area contributed by atoms with E-state index in [0.717, 1.165) is 12.8 Å². The van der Waals surface area contributed by atoms with Crippen LogP contribution in [0.3, 0.4) is 0 Å². The molecule has 1 N–H and O–H groups in total. The summed E-state index contributed by atoms with van der Waals surface area (Å²) < 4.78 is 0. The summed E-state index contributed by atoms with van der Waals surface area (Å²) in [5.74, 6) is 0. The number of nitrogens with zero attached hydrogens (tertiary/aromatic N) is 1. The number of aliphatic hydroxyl groups is 1. The lowest BCUT2D eigenvalue weighted by Gasteiger charge is -2.54. The second kappa shape index (κ2) is 3.25. The summed E-state index contributed by atoms with van der Waals surface area (Å²) in [6.45, 7) is 7.09. The Morgan fingerprint density at radius 2 is 1.77 bits per heavy atom. The molecule has 1 spiro atoms. The molecule has 2 rings (SSSR count). The summed E-state index contributed by atoms with van der Waals surface area (Å²) in [5, 5.41) is 9.42. The zero-order chi connectivity index (χ0) is 9.47. The Labute approximate surface area is 80.9 Å². The molecule has 1 aliphatic carbocycles. The van der Waals surface area contributed by atoms with Gasteiger partial charge >= 0.3 is 0 Å². The molecule has 2 heteroatoms. The monoisotopic (exact) mass is 183 g/mol. The first-order valence-electron chi connectivity index (χ1n) is 5.53. The summed E-state index contributed by atoms with van der Waals surface area (Å²) in [4.78, 5) is 2.54. The van der Waals surface area contributed by atoms with E-state index in [4.69, 9.17) is 0 Å². The highest BCUT2D eigenvalue weighted by Gasteiger charge is 2.45. The van der Waals surface area contributed by atoms with E-state index >= 15 is 0 Å². The van der Waals surface area contributed by atoms with E-state index in [0.29, 0.717) is 11.5 Å². The average molecular weight is 183 g/mol. The topological polar surface area (TPSA) is 23.5 Å². The molecule has 76 valence electrons. The van der Waals surface area contributed by atoms with Crippen LogP contribution in [0.15, 0.2) is 0 Å². The average Bonchev–Trinajstić information content (AvgIpc) is 2.02. The Bertz CT molecular complexity index is 175. The molecule has 0 aromatic carbocycles. The molecule has 1 saturated heterocycles. The Morgan fingerprint density at radius 1 is 1.23 bits per heavy atom. The van der Waals surface area contributed by atoms with Crippen molar-refractivity contribution in [2.45, 2.75) is 51.7 Å². The summed E-state index contributed by atoms with van der Waals surface area (Å²) in [6, 6.07) is 0.706. The lowest BCUT2D eigenvalue weighted by molar-refractivity contribution is -0.0679. The molecule has 0 aromatic rings. The van der Waals surface area contributed by atoms with Crippen molar-refractivity contribution in [1.82, 2.24) is 4.90 Å². The maximum absolute atomic E-state index is 9.42.